The molecule has 0 saturated heterocycles. The Hall–Kier alpha value is -2.23. The third-order valence-electron chi connectivity index (χ3n) is 5.47. The Morgan fingerprint density at radius 3 is 2.53 bits per heavy atom. The fourth-order valence-electron chi connectivity index (χ4n) is 3.83. The molecule has 0 unspecified atom stereocenters. The van der Waals surface area contributed by atoms with E-state index in [0.29, 0.717) is 11.9 Å². The van der Waals surface area contributed by atoms with Gasteiger partial charge in [-0.25, -0.2) is 14.6 Å². The van der Waals surface area contributed by atoms with Crippen LogP contribution in [0.25, 0.3) is 0 Å². The first-order valence-corrected chi connectivity index (χ1v) is 10.3. The average Bonchev–Trinajstić information content (AvgIpc) is 3.40. The molecular weight excluding hydrogens is 453 g/mol. The highest BCUT2D eigenvalue weighted by atomic mass is 35.5. The first-order chi connectivity index (χ1) is 14.0. The van der Waals surface area contributed by atoms with E-state index in [9.17, 15) is 9.59 Å². The van der Waals surface area contributed by atoms with Gasteiger partial charge < -0.3 is 16.0 Å². The minimum atomic E-state index is -0.621. The Bertz CT molecular complexity index is 1060. The summed E-state index contributed by atoms with van der Waals surface area (Å²) in [5.74, 6) is 0.433. The number of carbonyl (C=O) groups excluding carboxylic acids is 1. The van der Waals surface area contributed by atoms with Crippen molar-refractivity contribution in [2.45, 2.75) is 50.2 Å². The summed E-state index contributed by atoms with van der Waals surface area (Å²) in [6.45, 7) is 0. The summed E-state index contributed by atoms with van der Waals surface area (Å²) in [5.41, 5.74) is 2.36. The summed E-state index contributed by atoms with van der Waals surface area (Å²) in [6, 6.07) is 1.78. The molecule has 1 spiro atoms. The summed E-state index contributed by atoms with van der Waals surface area (Å²) in [5, 5.41) is 9.57. The van der Waals surface area contributed by atoms with Crippen LogP contribution in [0.15, 0.2) is 17.2 Å². The SMILES string of the molecule is Cl.O=C1NC2(CCCC2)Nn2c1c(Cl)cc(Nc1ncnc(NC3CC3)c1Cl)c2=O. The van der Waals surface area contributed by atoms with Crippen molar-refractivity contribution in [3.8, 4) is 0 Å². The highest BCUT2D eigenvalue weighted by Crippen LogP contribution is 2.34. The lowest BCUT2D eigenvalue weighted by molar-refractivity contribution is 0.0869. The maximum Gasteiger partial charge on any atom is 0.293 e. The van der Waals surface area contributed by atoms with Crippen LogP contribution in [-0.2, 0) is 0 Å². The number of halogens is 3. The molecule has 0 bridgehead atoms. The lowest BCUT2D eigenvalue weighted by Gasteiger charge is -2.38. The third kappa shape index (κ3) is 3.66. The quantitative estimate of drug-likeness (QED) is 0.540. The molecule has 2 aromatic rings. The highest BCUT2D eigenvalue weighted by molar-refractivity contribution is 6.35. The zero-order valence-corrected chi connectivity index (χ0v) is 18.1. The van der Waals surface area contributed by atoms with Crippen LogP contribution in [-0.4, -0.2) is 32.3 Å². The number of rotatable bonds is 4. The summed E-state index contributed by atoms with van der Waals surface area (Å²) < 4.78 is 1.23. The zero-order chi connectivity index (χ0) is 20.2. The van der Waals surface area contributed by atoms with Crippen LogP contribution >= 0.6 is 35.6 Å². The molecule has 1 amide bonds. The Balaban J connectivity index is 0.00000218. The molecule has 2 aliphatic carbocycles. The lowest BCUT2D eigenvalue weighted by Crippen LogP contribution is -2.62. The van der Waals surface area contributed by atoms with Crippen molar-refractivity contribution < 1.29 is 4.79 Å². The number of hydrogen-bond donors (Lipinski definition) is 4. The topological polar surface area (TPSA) is 113 Å². The monoisotopic (exact) mass is 471 g/mol. The number of nitrogens with zero attached hydrogens (tertiary/aromatic N) is 3. The Morgan fingerprint density at radius 2 is 1.83 bits per heavy atom. The fourth-order valence-corrected chi connectivity index (χ4v) is 4.31. The molecule has 1 aliphatic heterocycles. The van der Waals surface area contributed by atoms with E-state index in [1.807, 2.05) is 0 Å². The van der Waals surface area contributed by atoms with Gasteiger partial charge in [0.15, 0.2) is 11.6 Å². The van der Waals surface area contributed by atoms with Gasteiger partial charge >= 0.3 is 0 Å². The van der Waals surface area contributed by atoms with Crippen LogP contribution in [0.1, 0.15) is 49.0 Å². The minimum absolute atomic E-state index is 0. The molecule has 2 aromatic heterocycles. The van der Waals surface area contributed by atoms with Crippen molar-refractivity contribution in [1.29, 1.82) is 0 Å². The molecule has 0 aromatic carbocycles. The van der Waals surface area contributed by atoms with Gasteiger partial charge in [-0.15, -0.1) is 12.4 Å². The zero-order valence-electron chi connectivity index (χ0n) is 15.8. The predicted octanol–water partition coefficient (Wildman–Crippen LogP) is 3.24. The van der Waals surface area contributed by atoms with E-state index in [-0.39, 0.29) is 45.6 Å². The molecule has 9 nitrogen and oxygen atoms in total. The smallest absolute Gasteiger partial charge is 0.293 e. The number of pyridine rings is 1. The number of hydrogen-bond acceptors (Lipinski definition) is 7. The van der Waals surface area contributed by atoms with E-state index in [1.54, 1.807) is 0 Å². The summed E-state index contributed by atoms with van der Waals surface area (Å²) in [6.07, 6.45) is 6.94. The van der Waals surface area contributed by atoms with Gasteiger partial charge in [0.2, 0.25) is 0 Å². The molecule has 0 radical (unpaired) electrons. The molecule has 2 saturated carbocycles. The van der Waals surface area contributed by atoms with Crippen LogP contribution in [0.3, 0.4) is 0 Å². The lowest BCUT2D eigenvalue weighted by atomic mass is 10.1. The van der Waals surface area contributed by atoms with Gasteiger partial charge in [-0.3, -0.25) is 15.0 Å². The van der Waals surface area contributed by atoms with Gasteiger partial charge in [-0.1, -0.05) is 23.2 Å². The van der Waals surface area contributed by atoms with Crippen LogP contribution in [0, 0.1) is 0 Å². The van der Waals surface area contributed by atoms with Gasteiger partial charge in [0.05, 0.1) is 5.02 Å². The molecule has 2 fully saturated rings. The first-order valence-electron chi connectivity index (χ1n) is 9.56. The first kappa shape index (κ1) is 21.0. The van der Waals surface area contributed by atoms with Crippen molar-refractivity contribution >= 4 is 58.8 Å². The number of anilines is 3. The molecule has 0 atom stereocenters. The Morgan fingerprint density at radius 1 is 1.13 bits per heavy atom. The Labute approximate surface area is 188 Å². The molecule has 30 heavy (non-hydrogen) atoms. The van der Waals surface area contributed by atoms with E-state index in [0.717, 1.165) is 38.5 Å². The molecular formula is C18H20Cl3N7O2. The average molecular weight is 473 g/mol. The van der Waals surface area contributed by atoms with Crippen molar-refractivity contribution in [3.63, 3.8) is 0 Å². The maximum atomic E-state index is 13.1. The normalized spacial score (nSPS) is 18.8. The van der Waals surface area contributed by atoms with Crippen molar-refractivity contribution in [2.24, 2.45) is 0 Å². The number of nitrogens with one attached hydrogen (secondary N) is 4. The van der Waals surface area contributed by atoms with E-state index in [4.69, 9.17) is 23.2 Å². The van der Waals surface area contributed by atoms with E-state index < -0.39 is 11.2 Å². The molecule has 12 heteroatoms. The van der Waals surface area contributed by atoms with Gasteiger partial charge in [0.1, 0.15) is 28.4 Å². The molecule has 3 heterocycles. The molecule has 5 rings (SSSR count). The molecule has 160 valence electrons. The molecule has 4 N–H and O–H groups in total. The second kappa shape index (κ2) is 7.79. The van der Waals surface area contributed by atoms with Gasteiger partial charge in [0, 0.05) is 6.04 Å². The number of fused-ring (bicyclic) bond motifs is 1. The van der Waals surface area contributed by atoms with Crippen molar-refractivity contribution in [2.75, 3.05) is 16.1 Å². The van der Waals surface area contributed by atoms with Crippen LogP contribution in [0.5, 0.6) is 0 Å². The highest BCUT2D eigenvalue weighted by Gasteiger charge is 2.41. The second-order valence-electron chi connectivity index (χ2n) is 7.68. The second-order valence-corrected chi connectivity index (χ2v) is 8.46. The minimum Gasteiger partial charge on any atom is -0.366 e. The number of aromatic nitrogens is 3. The van der Waals surface area contributed by atoms with Gasteiger partial charge in [0.25, 0.3) is 11.5 Å². The van der Waals surface area contributed by atoms with E-state index in [2.05, 4.69) is 31.3 Å². The largest absolute Gasteiger partial charge is 0.366 e. The predicted molar refractivity (Wildman–Crippen MR) is 118 cm³/mol. The summed E-state index contributed by atoms with van der Waals surface area (Å²) in [7, 11) is 0. The number of carbonyl (C=O) groups is 1. The van der Waals surface area contributed by atoms with Crippen LogP contribution in [0.4, 0.5) is 17.3 Å². The van der Waals surface area contributed by atoms with E-state index >= 15 is 0 Å². The van der Waals surface area contributed by atoms with Crippen LogP contribution in [0.2, 0.25) is 10.0 Å². The van der Waals surface area contributed by atoms with E-state index in [1.165, 1.54) is 17.1 Å². The summed E-state index contributed by atoms with van der Waals surface area (Å²) in [4.78, 5) is 34.1. The third-order valence-corrected chi connectivity index (χ3v) is 6.11. The number of amides is 1. The Kier molecular flexibility index (Phi) is 5.46. The van der Waals surface area contributed by atoms with Crippen LogP contribution < -0.4 is 26.9 Å². The maximum absolute atomic E-state index is 13.1. The van der Waals surface area contributed by atoms with Gasteiger partial charge in [-0.05, 0) is 44.6 Å². The summed E-state index contributed by atoms with van der Waals surface area (Å²) >= 11 is 12.8. The molecule has 3 aliphatic rings. The van der Waals surface area contributed by atoms with Gasteiger partial charge in [-0.2, -0.15) is 0 Å². The van der Waals surface area contributed by atoms with Crippen molar-refractivity contribution in [3.05, 3.63) is 38.5 Å². The van der Waals surface area contributed by atoms with Crippen molar-refractivity contribution in [1.82, 2.24) is 20.0 Å². The standard InChI is InChI=1S/C18H19Cl2N7O2.ClH/c19-10-7-11(24-15-12(20)14(21-8-22-15)23-9-3-4-9)17(29)27-13(10)16(28)25-18(26-27)5-1-2-6-18;/h7-9,26H,1-6H2,(H,25,28)(H2,21,22,23,24);1H. The fraction of sp³-hybridized carbons (Fsp3) is 0.444.